The molecule has 5 atom stereocenters. The van der Waals surface area contributed by atoms with Crippen LogP contribution >= 0.6 is 0 Å². The molecular weight excluding hydrogens is 402 g/mol. The molecule has 5 rings (SSSR count). The quantitative estimate of drug-likeness (QED) is 0.691. The van der Waals surface area contributed by atoms with Crippen LogP contribution < -0.4 is 4.90 Å². The Hall–Kier alpha value is -3.02. The van der Waals surface area contributed by atoms with Crippen LogP contribution in [0.1, 0.15) is 46.6 Å². The first kappa shape index (κ1) is 20.9. The number of pyridine rings is 1. The molecule has 2 saturated heterocycles. The monoisotopic (exact) mass is 431 g/mol. The summed E-state index contributed by atoms with van der Waals surface area (Å²) >= 11 is 0. The first-order valence-electron chi connectivity index (χ1n) is 11.4. The average Bonchev–Trinajstić information content (AvgIpc) is 3.24. The largest absolute Gasteiger partial charge is 0.351 e. The predicted octanol–water partition coefficient (Wildman–Crippen LogP) is 3.83. The van der Waals surface area contributed by atoms with Crippen LogP contribution in [-0.2, 0) is 14.4 Å². The number of carbonyl (C=O) groups is 3. The van der Waals surface area contributed by atoms with E-state index >= 15 is 0 Å². The molecule has 0 unspecified atom stereocenters. The normalized spacial score (nSPS) is 27.5. The number of benzene rings is 1. The van der Waals surface area contributed by atoms with Gasteiger partial charge in [0.2, 0.25) is 11.8 Å². The lowest BCUT2D eigenvalue weighted by atomic mass is 9.79. The van der Waals surface area contributed by atoms with Gasteiger partial charge in [0.1, 0.15) is 6.04 Å². The number of carbonyl (C=O) groups excluding carboxylic acids is 3. The fourth-order valence-corrected chi connectivity index (χ4v) is 5.56. The molecule has 0 spiro atoms. The highest BCUT2D eigenvalue weighted by molar-refractivity contribution is 6.13. The van der Waals surface area contributed by atoms with Crippen molar-refractivity contribution in [1.29, 1.82) is 0 Å². The van der Waals surface area contributed by atoms with E-state index in [1.807, 2.05) is 75.9 Å². The second kappa shape index (κ2) is 6.99. The number of ketones is 1. The van der Waals surface area contributed by atoms with Crippen molar-refractivity contribution in [3.05, 3.63) is 42.1 Å². The molecule has 2 aromatic rings. The van der Waals surface area contributed by atoms with Gasteiger partial charge in [0.25, 0.3) is 0 Å². The first-order chi connectivity index (χ1) is 15.2. The highest BCUT2D eigenvalue weighted by Gasteiger charge is 2.65. The van der Waals surface area contributed by atoms with Gasteiger partial charge in [-0.15, -0.1) is 0 Å². The standard InChI is InChI=1S/C26H29N3O3/c1-6-14(2)28-24(31)18-17-12-11-16-10-9-15-8-7-13-27-20(15)21(16)29(17)22(19(18)25(28)32)23(30)26(3,4)5/h7-14,17-19,22H,6H2,1-5H3/t14-,17+,18-,19-,22+/m0/s1. The molecule has 4 heterocycles. The smallest absolute Gasteiger partial charge is 0.235 e. The number of hydrogen-bond donors (Lipinski definition) is 0. The Labute approximate surface area is 188 Å². The summed E-state index contributed by atoms with van der Waals surface area (Å²) in [5.41, 5.74) is 1.95. The number of amides is 2. The van der Waals surface area contributed by atoms with Crippen LogP contribution in [0.3, 0.4) is 0 Å². The van der Waals surface area contributed by atoms with Gasteiger partial charge in [-0.05, 0) is 25.0 Å². The number of hydrogen-bond acceptors (Lipinski definition) is 5. The van der Waals surface area contributed by atoms with E-state index in [1.54, 1.807) is 6.20 Å². The summed E-state index contributed by atoms with van der Waals surface area (Å²) < 4.78 is 0. The van der Waals surface area contributed by atoms with E-state index in [-0.39, 0.29) is 29.7 Å². The molecule has 0 N–H and O–H groups in total. The van der Waals surface area contributed by atoms with E-state index in [1.165, 1.54) is 4.90 Å². The Balaban J connectivity index is 1.74. The predicted molar refractivity (Wildman–Crippen MR) is 124 cm³/mol. The summed E-state index contributed by atoms with van der Waals surface area (Å²) in [6.45, 7) is 9.52. The van der Waals surface area contributed by atoms with Gasteiger partial charge < -0.3 is 4.90 Å². The topological polar surface area (TPSA) is 70.6 Å². The molecule has 2 fully saturated rings. The second-order valence-electron chi connectivity index (χ2n) is 10.2. The lowest BCUT2D eigenvalue weighted by Gasteiger charge is -2.39. The Morgan fingerprint density at radius 1 is 1.12 bits per heavy atom. The SMILES string of the molecule is CC[C@H](C)N1C(=O)[C@@H]2[C@H](C1=O)[C@H](C(=O)C(C)(C)C)N1c3c(ccc4cccnc34)C=C[C@H]21. The van der Waals surface area contributed by atoms with Crippen molar-refractivity contribution >= 4 is 40.3 Å². The van der Waals surface area contributed by atoms with E-state index in [0.717, 1.165) is 22.2 Å². The highest BCUT2D eigenvalue weighted by Crippen LogP contribution is 2.51. The van der Waals surface area contributed by atoms with Crippen LogP contribution in [0, 0.1) is 17.3 Å². The Morgan fingerprint density at radius 3 is 2.53 bits per heavy atom. The molecule has 3 aliphatic rings. The molecule has 6 nitrogen and oxygen atoms in total. The van der Waals surface area contributed by atoms with Crippen molar-refractivity contribution in [1.82, 2.24) is 9.88 Å². The molecular formula is C26H29N3O3. The van der Waals surface area contributed by atoms with Crippen molar-refractivity contribution in [2.24, 2.45) is 17.3 Å². The first-order valence-corrected chi connectivity index (χ1v) is 11.4. The van der Waals surface area contributed by atoms with Crippen LogP contribution in [0.25, 0.3) is 17.0 Å². The Bertz CT molecular complexity index is 1180. The number of imide groups is 1. The average molecular weight is 432 g/mol. The summed E-state index contributed by atoms with van der Waals surface area (Å²) in [5, 5.41) is 0.971. The van der Waals surface area contributed by atoms with Gasteiger partial charge in [0.05, 0.1) is 29.1 Å². The van der Waals surface area contributed by atoms with Gasteiger partial charge in [-0.2, -0.15) is 0 Å². The third-order valence-corrected chi connectivity index (χ3v) is 7.31. The highest BCUT2D eigenvalue weighted by atomic mass is 16.2. The van der Waals surface area contributed by atoms with Gasteiger partial charge in [-0.3, -0.25) is 24.3 Å². The van der Waals surface area contributed by atoms with Crippen LogP contribution in [0.2, 0.25) is 0 Å². The molecule has 1 aromatic carbocycles. The van der Waals surface area contributed by atoms with Gasteiger partial charge in [-0.25, -0.2) is 0 Å². The zero-order valence-electron chi connectivity index (χ0n) is 19.2. The molecule has 0 saturated carbocycles. The maximum absolute atomic E-state index is 13.8. The van der Waals surface area contributed by atoms with Crippen molar-refractivity contribution in [2.75, 3.05) is 4.90 Å². The van der Waals surface area contributed by atoms with Gasteiger partial charge in [0, 0.05) is 23.0 Å². The number of nitrogens with zero attached hydrogens (tertiary/aromatic N) is 3. The van der Waals surface area contributed by atoms with Crippen molar-refractivity contribution in [2.45, 2.75) is 59.2 Å². The van der Waals surface area contributed by atoms with Gasteiger partial charge >= 0.3 is 0 Å². The number of aromatic nitrogens is 1. The molecule has 2 amide bonds. The van der Waals surface area contributed by atoms with Crippen molar-refractivity contribution < 1.29 is 14.4 Å². The van der Waals surface area contributed by atoms with E-state index < -0.39 is 23.3 Å². The lowest BCUT2D eigenvalue weighted by molar-refractivity contribution is -0.144. The molecule has 6 heteroatoms. The number of fused-ring (bicyclic) bond motifs is 7. The Kier molecular flexibility index (Phi) is 4.56. The third kappa shape index (κ3) is 2.71. The number of Topliss-reactive ketones (excluding diaryl/α,β-unsaturated/α-hetero) is 1. The van der Waals surface area contributed by atoms with Gasteiger partial charge in [0.15, 0.2) is 5.78 Å². The summed E-state index contributed by atoms with van der Waals surface area (Å²) in [5.74, 6) is -1.63. The zero-order valence-corrected chi connectivity index (χ0v) is 19.2. The van der Waals surface area contributed by atoms with Crippen LogP contribution in [0.4, 0.5) is 5.69 Å². The van der Waals surface area contributed by atoms with Crippen LogP contribution in [-0.4, -0.2) is 45.6 Å². The summed E-state index contributed by atoms with van der Waals surface area (Å²) in [7, 11) is 0. The van der Waals surface area contributed by atoms with Crippen LogP contribution in [0.5, 0.6) is 0 Å². The molecule has 0 radical (unpaired) electrons. The molecule has 1 aromatic heterocycles. The molecule has 0 aliphatic carbocycles. The van der Waals surface area contributed by atoms with Gasteiger partial charge in [-0.1, -0.05) is 58.0 Å². The minimum Gasteiger partial charge on any atom is -0.351 e. The fraction of sp³-hybridized carbons (Fsp3) is 0.462. The Morgan fingerprint density at radius 2 is 1.84 bits per heavy atom. The number of likely N-dealkylation sites (tertiary alicyclic amines) is 1. The van der Waals surface area contributed by atoms with E-state index in [2.05, 4.69) is 4.98 Å². The van der Waals surface area contributed by atoms with Crippen molar-refractivity contribution in [3.8, 4) is 0 Å². The van der Waals surface area contributed by atoms with E-state index in [9.17, 15) is 14.4 Å². The molecule has 0 bridgehead atoms. The fourth-order valence-electron chi connectivity index (χ4n) is 5.56. The van der Waals surface area contributed by atoms with Crippen molar-refractivity contribution in [3.63, 3.8) is 0 Å². The second-order valence-corrected chi connectivity index (χ2v) is 10.2. The van der Waals surface area contributed by atoms with E-state index in [4.69, 9.17) is 0 Å². The maximum atomic E-state index is 13.8. The summed E-state index contributed by atoms with van der Waals surface area (Å²) in [6, 6.07) is 6.70. The molecule has 166 valence electrons. The summed E-state index contributed by atoms with van der Waals surface area (Å²) in [6.07, 6.45) is 6.44. The number of anilines is 1. The summed E-state index contributed by atoms with van der Waals surface area (Å²) in [4.78, 5) is 49.1. The van der Waals surface area contributed by atoms with E-state index in [0.29, 0.717) is 6.42 Å². The lowest BCUT2D eigenvalue weighted by Crippen LogP contribution is -2.52. The maximum Gasteiger partial charge on any atom is 0.235 e. The number of rotatable bonds is 3. The third-order valence-electron chi connectivity index (χ3n) is 7.31. The minimum atomic E-state index is -0.702. The molecule has 32 heavy (non-hydrogen) atoms. The zero-order chi connectivity index (χ0) is 22.9. The minimum absolute atomic E-state index is 0.0173. The molecule has 3 aliphatic heterocycles. The van der Waals surface area contributed by atoms with Crippen LogP contribution in [0.15, 0.2) is 36.5 Å².